The topological polar surface area (TPSA) is 75.6 Å². The van der Waals surface area contributed by atoms with Crippen molar-refractivity contribution in [3.8, 4) is 5.75 Å². The van der Waals surface area contributed by atoms with Crippen molar-refractivity contribution < 1.29 is 18.3 Å². The summed E-state index contributed by atoms with van der Waals surface area (Å²) >= 11 is 0. The zero-order valence-electron chi connectivity index (χ0n) is 17.8. The summed E-state index contributed by atoms with van der Waals surface area (Å²) in [4.78, 5) is 0. The third kappa shape index (κ3) is 8.10. The summed E-state index contributed by atoms with van der Waals surface area (Å²) < 4.78 is 33.1. The summed E-state index contributed by atoms with van der Waals surface area (Å²) in [6, 6.07) is 7.37. The molecule has 1 atom stereocenters. The standard InChI is InChI=1S/C22H37NO4S/c1-5-22(24,17-23-28(25,26)14-7-6-13-21(2,3)4)19-9-8-10-20(15-19)27-16-18-11-12-18/h8-10,15,18,23-24H,5-7,11-14,16-17H2,1-4H3/t22-/m1/s1. The molecule has 1 aliphatic rings. The molecule has 0 aromatic heterocycles. The van der Waals surface area contributed by atoms with E-state index in [0.717, 1.165) is 18.6 Å². The molecular weight excluding hydrogens is 374 g/mol. The van der Waals surface area contributed by atoms with Gasteiger partial charge in [-0.1, -0.05) is 46.2 Å². The smallest absolute Gasteiger partial charge is 0.211 e. The van der Waals surface area contributed by atoms with Crippen molar-refractivity contribution in [1.82, 2.24) is 4.72 Å². The van der Waals surface area contributed by atoms with Gasteiger partial charge >= 0.3 is 0 Å². The van der Waals surface area contributed by atoms with E-state index in [4.69, 9.17) is 4.74 Å². The van der Waals surface area contributed by atoms with E-state index < -0.39 is 15.6 Å². The third-order valence-corrected chi connectivity index (χ3v) is 6.72. The second-order valence-electron chi connectivity index (χ2n) is 9.33. The molecule has 0 saturated heterocycles. The molecule has 5 nitrogen and oxygen atoms in total. The van der Waals surface area contributed by atoms with Crippen molar-refractivity contribution in [1.29, 1.82) is 0 Å². The number of ether oxygens (including phenoxy) is 1. The van der Waals surface area contributed by atoms with E-state index in [1.807, 2.05) is 31.2 Å². The average molecular weight is 412 g/mol. The predicted molar refractivity (Wildman–Crippen MR) is 114 cm³/mol. The number of hydrogen-bond acceptors (Lipinski definition) is 4. The van der Waals surface area contributed by atoms with Gasteiger partial charge in [0.1, 0.15) is 11.4 Å². The van der Waals surface area contributed by atoms with Crippen LogP contribution in [-0.2, 0) is 15.6 Å². The highest BCUT2D eigenvalue weighted by atomic mass is 32.2. The Morgan fingerprint density at radius 1 is 1.21 bits per heavy atom. The van der Waals surface area contributed by atoms with Crippen LogP contribution in [0.4, 0.5) is 0 Å². The number of rotatable bonds is 12. The molecule has 1 aliphatic carbocycles. The predicted octanol–water partition coefficient (Wildman–Crippen LogP) is 4.21. The second-order valence-corrected chi connectivity index (χ2v) is 11.3. The van der Waals surface area contributed by atoms with Gasteiger partial charge in [0.25, 0.3) is 0 Å². The van der Waals surface area contributed by atoms with E-state index in [2.05, 4.69) is 25.5 Å². The number of benzene rings is 1. The molecule has 0 radical (unpaired) electrons. The number of sulfonamides is 1. The van der Waals surface area contributed by atoms with Gasteiger partial charge in [-0.3, -0.25) is 0 Å². The molecule has 0 aliphatic heterocycles. The summed E-state index contributed by atoms with van der Waals surface area (Å²) in [6.07, 6.45) is 5.34. The van der Waals surface area contributed by atoms with E-state index in [0.29, 0.717) is 30.9 Å². The van der Waals surface area contributed by atoms with Gasteiger partial charge in [-0.15, -0.1) is 0 Å². The molecule has 160 valence electrons. The number of nitrogens with one attached hydrogen (secondary N) is 1. The van der Waals surface area contributed by atoms with Crippen LogP contribution in [0.3, 0.4) is 0 Å². The number of unbranched alkanes of at least 4 members (excludes halogenated alkanes) is 1. The minimum Gasteiger partial charge on any atom is -0.493 e. The quantitative estimate of drug-likeness (QED) is 0.505. The van der Waals surface area contributed by atoms with Gasteiger partial charge in [0.2, 0.25) is 10.0 Å². The Kier molecular flexibility index (Phi) is 7.94. The van der Waals surface area contributed by atoms with Gasteiger partial charge in [-0.25, -0.2) is 13.1 Å². The Morgan fingerprint density at radius 3 is 2.54 bits per heavy atom. The average Bonchev–Trinajstić information content (AvgIpc) is 3.46. The van der Waals surface area contributed by atoms with Crippen LogP contribution in [0.2, 0.25) is 0 Å². The van der Waals surface area contributed by atoms with Crippen molar-refractivity contribution in [2.75, 3.05) is 18.9 Å². The first-order valence-corrected chi connectivity index (χ1v) is 12.1. The second kappa shape index (κ2) is 9.59. The summed E-state index contributed by atoms with van der Waals surface area (Å²) in [5, 5.41) is 11.1. The lowest BCUT2D eigenvalue weighted by Gasteiger charge is -2.28. The first-order chi connectivity index (χ1) is 13.0. The lowest BCUT2D eigenvalue weighted by molar-refractivity contribution is 0.0377. The zero-order chi connectivity index (χ0) is 20.8. The highest BCUT2D eigenvalue weighted by molar-refractivity contribution is 7.89. The molecule has 1 saturated carbocycles. The van der Waals surface area contributed by atoms with Gasteiger partial charge in [0.15, 0.2) is 0 Å². The lowest BCUT2D eigenvalue weighted by atomic mass is 9.90. The van der Waals surface area contributed by atoms with Crippen molar-refractivity contribution in [2.24, 2.45) is 11.3 Å². The van der Waals surface area contributed by atoms with E-state index in [1.165, 1.54) is 12.8 Å². The van der Waals surface area contributed by atoms with Crippen molar-refractivity contribution in [3.63, 3.8) is 0 Å². The highest BCUT2D eigenvalue weighted by Gasteiger charge is 2.30. The largest absolute Gasteiger partial charge is 0.493 e. The molecule has 0 unspecified atom stereocenters. The fourth-order valence-corrected chi connectivity index (χ4v) is 4.24. The van der Waals surface area contributed by atoms with Crippen LogP contribution < -0.4 is 9.46 Å². The maximum absolute atomic E-state index is 12.4. The Morgan fingerprint density at radius 2 is 1.93 bits per heavy atom. The van der Waals surface area contributed by atoms with E-state index in [-0.39, 0.29) is 17.7 Å². The summed E-state index contributed by atoms with van der Waals surface area (Å²) in [7, 11) is -3.42. The minimum absolute atomic E-state index is 0.0306. The van der Waals surface area contributed by atoms with Crippen molar-refractivity contribution in [2.45, 2.75) is 71.8 Å². The van der Waals surface area contributed by atoms with Crippen LogP contribution >= 0.6 is 0 Å². The molecule has 28 heavy (non-hydrogen) atoms. The summed E-state index contributed by atoms with van der Waals surface area (Å²) in [6.45, 7) is 9.00. The fourth-order valence-electron chi connectivity index (χ4n) is 3.05. The van der Waals surface area contributed by atoms with E-state index in [1.54, 1.807) is 0 Å². The third-order valence-electron chi connectivity index (χ3n) is 5.31. The molecule has 0 spiro atoms. The van der Waals surface area contributed by atoms with Crippen LogP contribution in [0.1, 0.15) is 71.8 Å². The minimum atomic E-state index is -3.42. The van der Waals surface area contributed by atoms with Gasteiger partial charge in [0, 0.05) is 6.54 Å². The highest BCUT2D eigenvalue weighted by Crippen LogP contribution is 2.31. The molecular formula is C22H37NO4S. The van der Waals surface area contributed by atoms with Crippen molar-refractivity contribution in [3.05, 3.63) is 29.8 Å². The van der Waals surface area contributed by atoms with Crippen LogP contribution in [-0.4, -0.2) is 32.4 Å². The molecule has 1 aromatic carbocycles. The van der Waals surface area contributed by atoms with Crippen LogP contribution in [0, 0.1) is 11.3 Å². The van der Waals surface area contributed by atoms with Crippen molar-refractivity contribution >= 4 is 10.0 Å². The summed E-state index contributed by atoms with van der Waals surface area (Å²) in [5.41, 5.74) is -0.359. The lowest BCUT2D eigenvalue weighted by Crippen LogP contribution is -2.41. The molecule has 2 N–H and O–H groups in total. The summed E-state index contributed by atoms with van der Waals surface area (Å²) in [5.74, 6) is 1.47. The first-order valence-electron chi connectivity index (χ1n) is 10.5. The number of aliphatic hydroxyl groups is 1. The Balaban J connectivity index is 1.90. The van der Waals surface area contributed by atoms with Crippen LogP contribution in [0.5, 0.6) is 5.75 Å². The van der Waals surface area contributed by atoms with Gasteiger partial charge < -0.3 is 9.84 Å². The Bertz CT molecular complexity index is 722. The Labute approximate surface area is 170 Å². The molecule has 2 rings (SSSR count). The molecule has 1 fully saturated rings. The molecule has 0 amide bonds. The molecule has 0 heterocycles. The Hall–Kier alpha value is -1.11. The molecule has 0 bridgehead atoms. The maximum atomic E-state index is 12.4. The number of hydrogen-bond donors (Lipinski definition) is 2. The first kappa shape index (κ1) is 23.2. The van der Waals surface area contributed by atoms with E-state index >= 15 is 0 Å². The van der Waals surface area contributed by atoms with Gasteiger partial charge in [0.05, 0.1) is 12.4 Å². The molecule has 6 heteroatoms. The van der Waals surface area contributed by atoms with Crippen LogP contribution in [0.25, 0.3) is 0 Å². The SMILES string of the molecule is CC[C@@](O)(CNS(=O)(=O)CCCCC(C)(C)C)c1cccc(OCC2CC2)c1. The maximum Gasteiger partial charge on any atom is 0.211 e. The van der Waals surface area contributed by atoms with Gasteiger partial charge in [-0.2, -0.15) is 0 Å². The fraction of sp³-hybridized carbons (Fsp3) is 0.727. The monoisotopic (exact) mass is 411 g/mol. The normalized spacial score (nSPS) is 17.3. The molecule has 1 aromatic rings. The van der Waals surface area contributed by atoms with Gasteiger partial charge in [-0.05, 0) is 61.1 Å². The van der Waals surface area contributed by atoms with Crippen LogP contribution in [0.15, 0.2) is 24.3 Å². The van der Waals surface area contributed by atoms with E-state index in [9.17, 15) is 13.5 Å². The zero-order valence-corrected chi connectivity index (χ0v) is 18.6.